The van der Waals surface area contributed by atoms with Crippen LogP contribution in [0, 0.1) is 6.92 Å². The molecular formula is C18H22ClNO. The molecule has 2 N–H and O–H groups in total. The topological polar surface area (TPSA) is 35.2 Å². The predicted molar refractivity (Wildman–Crippen MR) is 89.6 cm³/mol. The molecule has 2 aromatic rings. The molecule has 2 rings (SSSR count). The van der Waals surface area contributed by atoms with Crippen molar-refractivity contribution in [2.45, 2.75) is 33.1 Å². The number of nitrogens with two attached hydrogens (primary N) is 1. The summed E-state index contributed by atoms with van der Waals surface area (Å²) in [6.45, 7) is 7.09. The minimum absolute atomic E-state index is 0.512. The van der Waals surface area contributed by atoms with Crippen LogP contribution in [0.1, 0.15) is 36.5 Å². The van der Waals surface area contributed by atoms with Gasteiger partial charge in [0, 0.05) is 5.02 Å². The largest absolute Gasteiger partial charge is 0.457 e. The van der Waals surface area contributed by atoms with Gasteiger partial charge in [-0.25, -0.2) is 0 Å². The molecule has 0 aliphatic rings. The predicted octanol–water partition coefficient (Wildman–Crippen LogP) is 5.07. The van der Waals surface area contributed by atoms with Crippen molar-refractivity contribution in [3.05, 3.63) is 58.1 Å². The third-order valence-corrected chi connectivity index (χ3v) is 3.77. The first kappa shape index (κ1) is 15.9. The minimum atomic E-state index is 0.512. The quantitative estimate of drug-likeness (QED) is 0.837. The van der Waals surface area contributed by atoms with E-state index in [9.17, 15) is 0 Å². The van der Waals surface area contributed by atoms with Crippen LogP contribution in [0.25, 0.3) is 0 Å². The normalized spacial score (nSPS) is 11.0. The van der Waals surface area contributed by atoms with E-state index < -0.39 is 0 Å². The summed E-state index contributed by atoms with van der Waals surface area (Å²) in [5.74, 6) is 2.13. The Bertz CT molecular complexity index is 623. The third-order valence-electron chi connectivity index (χ3n) is 3.53. The van der Waals surface area contributed by atoms with Crippen LogP contribution in [0.15, 0.2) is 36.4 Å². The summed E-state index contributed by atoms with van der Waals surface area (Å²) in [6, 6.07) is 11.9. The van der Waals surface area contributed by atoms with Crippen molar-refractivity contribution < 1.29 is 4.74 Å². The summed E-state index contributed by atoms with van der Waals surface area (Å²) in [6.07, 6.45) is 0.773. The van der Waals surface area contributed by atoms with E-state index in [-0.39, 0.29) is 0 Å². The van der Waals surface area contributed by atoms with Crippen molar-refractivity contribution in [3.63, 3.8) is 0 Å². The first-order valence-corrected chi connectivity index (χ1v) is 7.66. The van der Waals surface area contributed by atoms with E-state index in [1.54, 1.807) is 0 Å². The third kappa shape index (κ3) is 3.99. The van der Waals surface area contributed by atoms with Crippen LogP contribution in [-0.2, 0) is 6.42 Å². The highest BCUT2D eigenvalue weighted by atomic mass is 35.5. The van der Waals surface area contributed by atoms with Crippen molar-refractivity contribution in [2.75, 3.05) is 6.54 Å². The number of rotatable bonds is 5. The van der Waals surface area contributed by atoms with E-state index in [0.717, 1.165) is 23.5 Å². The summed E-state index contributed by atoms with van der Waals surface area (Å²) >= 11 is 6.07. The number of benzene rings is 2. The Balaban J connectivity index is 2.29. The van der Waals surface area contributed by atoms with Gasteiger partial charge in [0.1, 0.15) is 11.5 Å². The maximum atomic E-state index is 6.07. The molecule has 0 heterocycles. The number of aryl methyl sites for hydroxylation is 1. The molecule has 21 heavy (non-hydrogen) atoms. The van der Waals surface area contributed by atoms with Gasteiger partial charge in [-0.15, -0.1) is 0 Å². The van der Waals surface area contributed by atoms with Crippen molar-refractivity contribution in [3.8, 4) is 11.5 Å². The Labute approximate surface area is 131 Å². The van der Waals surface area contributed by atoms with Crippen LogP contribution in [0.4, 0.5) is 0 Å². The average Bonchev–Trinajstić information content (AvgIpc) is 2.41. The molecule has 2 aromatic carbocycles. The van der Waals surface area contributed by atoms with Crippen LogP contribution in [-0.4, -0.2) is 6.54 Å². The monoisotopic (exact) mass is 303 g/mol. The molecule has 0 radical (unpaired) electrons. The number of hydrogen-bond acceptors (Lipinski definition) is 2. The molecule has 0 bridgehead atoms. The molecule has 0 aliphatic carbocycles. The van der Waals surface area contributed by atoms with Crippen LogP contribution in [0.2, 0.25) is 5.02 Å². The zero-order chi connectivity index (χ0) is 15.4. The Hall–Kier alpha value is -1.51. The molecule has 0 aliphatic heterocycles. The van der Waals surface area contributed by atoms with Gasteiger partial charge in [-0.05, 0) is 66.8 Å². The minimum Gasteiger partial charge on any atom is -0.457 e. The molecule has 0 spiro atoms. The summed E-state index contributed by atoms with van der Waals surface area (Å²) in [4.78, 5) is 0. The highest BCUT2D eigenvalue weighted by molar-refractivity contribution is 6.30. The molecule has 0 unspecified atom stereocenters. The number of halogens is 1. The van der Waals surface area contributed by atoms with Crippen LogP contribution >= 0.6 is 11.6 Å². The SMILES string of the molecule is Cc1cc(Oc2cc(Cl)ccc2CCN)ccc1C(C)C. The average molecular weight is 304 g/mol. The molecule has 0 aromatic heterocycles. The smallest absolute Gasteiger partial charge is 0.132 e. The zero-order valence-corrected chi connectivity index (χ0v) is 13.6. The molecular weight excluding hydrogens is 282 g/mol. The summed E-state index contributed by atoms with van der Waals surface area (Å²) < 4.78 is 6.02. The van der Waals surface area contributed by atoms with Gasteiger partial charge in [-0.1, -0.05) is 37.6 Å². The van der Waals surface area contributed by atoms with E-state index in [1.807, 2.05) is 24.3 Å². The van der Waals surface area contributed by atoms with Gasteiger partial charge in [0.15, 0.2) is 0 Å². The second kappa shape index (κ2) is 6.97. The molecule has 0 amide bonds. The van der Waals surface area contributed by atoms with Gasteiger partial charge in [0.25, 0.3) is 0 Å². The molecule has 0 fully saturated rings. The molecule has 0 saturated carbocycles. The summed E-state index contributed by atoms with van der Waals surface area (Å²) in [5, 5.41) is 0.668. The fourth-order valence-electron chi connectivity index (χ4n) is 2.47. The lowest BCUT2D eigenvalue weighted by Gasteiger charge is -2.14. The number of ether oxygens (including phenoxy) is 1. The van der Waals surface area contributed by atoms with Gasteiger partial charge >= 0.3 is 0 Å². The van der Waals surface area contributed by atoms with Gasteiger partial charge in [0.2, 0.25) is 0 Å². The Morgan fingerprint density at radius 3 is 2.52 bits per heavy atom. The van der Waals surface area contributed by atoms with Crippen molar-refractivity contribution >= 4 is 11.6 Å². The lowest BCUT2D eigenvalue weighted by atomic mass is 9.98. The first-order chi connectivity index (χ1) is 10.0. The standard InChI is InChI=1S/C18H22ClNO/c1-12(2)17-7-6-16(10-13(17)3)21-18-11-15(19)5-4-14(18)8-9-20/h4-7,10-12H,8-9,20H2,1-3H3. The zero-order valence-electron chi connectivity index (χ0n) is 12.8. The van der Waals surface area contributed by atoms with Crippen molar-refractivity contribution in [1.29, 1.82) is 0 Å². The van der Waals surface area contributed by atoms with E-state index in [2.05, 4.69) is 32.9 Å². The molecule has 0 saturated heterocycles. The maximum absolute atomic E-state index is 6.07. The van der Waals surface area contributed by atoms with E-state index >= 15 is 0 Å². The maximum Gasteiger partial charge on any atom is 0.132 e. The lowest BCUT2D eigenvalue weighted by Crippen LogP contribution is -2.04. The van der Waals surface area contributed by atoms with Crippen molar-refractivity contribution in [1.82, 2.24) is 0 Å². The fourth-order valence-corrected chi connectivity index (χ4v) is 2.63. The lowest BCUT2D eigenvalue weighted by molar-refractivity contribution is 0.475. The van der Waals surface area contributed by atoms with Gasteiger partial charge in [-0.3, -0.25) is 0 Å². The molecule has 0 atom stereocenters. The van der Waals surface area contributed by atoms with Crippen LogP contribution in [0.3, 0.4) is 0 Å². The summed E-state index contributed by atoms with van der Waals surface area (Å²) in [7, 11) is 0. The second-order valence-electron chi connectivity index (χ2n) is 5.57. The Morgan fingerprint density at radius 1 is 1.14 bits per heavy atom. The Kier molecular flexibility index (Phi) is 5.27. The highest BCUT2D eigenvalue weighted by Gasteiger charge is 2.08. The molecule has 3 heteroatoms. The van der Waals surface area contributed by atoms with Gasteiger partial charge in [0.05, 0.1) is 0 Å². The van der Waals surface area contributed by atoms with E-state index in [0.29, 0.717) is 17.5 Å². The van der Waals surface area contributed by atoms with E-state index in [4.69, 9.17) is 22.1 Å². The van der Waals surface area contributed by atoms with Gasteiger partial charge in [-0.2, -0.15) is 0 Å². The van der Waals surface area contributed by atoms with Gasteiger partial charge < -0.3 is 10.5 Å². The molecule has 2 nitrogen and oxygen atoms in total. The van der Waals surface area contributed by atoms with Crippen LogP contribution < -0.4 is 10.5 Å². The summed E-state index contributed by atoms with van der Waals surface area (Å²) in [5.41, 5.74) is 9.31. The Morgan fingerprint density at radius 2 is 1.90 bits per heavy atom. The fraction of sp³-hybridized carbons (Fsp3) is 0.333. The second-order valence-corrected chi connectivity index (χ2v) is 6.00. The highest BCUT2D eigenvalue weighted by Crippen LogP contribution is 2.31. The molecule has 112 valence electrons. The van der Waals surface area contributed by atoms with Crippen molar-refractivity contribution in [2.24, 2.45) is 5.73 Å². The first-order valence-electron chi connectivity index (χ1n) is 7.28. The van der Waals surface area contributed by atoms with Crippen LogP contribution in [0.5, 0.6) is 11.5 Å². The van der Waals surface area contributed by atoms with E-state index in [1.165, 1.54) is 11.1 Å². The number of hydrogen-bond donors (Lipinski definition) is 1.